The number of unbranched alkanes of at least 4 members (excludes halogenated alkanes) is 11. The molecule has 0 fully saturated rings. The van der Waals surface area contributed by atoms with Crippen molar-refractivity contribution in [3.63, 3.8) is 0 Å². The van der Waals surface area contributed by atoms with Gasteiger partial charge < -0.3 is 19.1 Å². The van der Waals surface area contributed by atoms with E-state index in [2.05, 4.69) is 20.8 Å². The number of aromatic hydroxyl groups is 1. The number of benzene rings is 1. The minimum Gasteiger partial charge on any atom is -0.500 e. The van der Waals surface area contributed by atoms with Crippen molar-refractivity contribution in [3.8, 4) is 17.2 Å². The van der Waals surface area contributed by atoms with Gasteiger partial charge in [0.15, 0.2) is 5.75 Å². The second-order valence-corrected chi connectivity index (χ2v) is 9.40. The average molecular weight is 474 g/mol. The smallest absolute Gasteiger partial charge is 0.297 e. The molecular formula is C29H47NO4. The Hall–Kier alpha value is -2.17. The summed E-state index contributed by atoms with van der Waals surface area (Å²) in [4.78, 5) is 13.1. The van der Waals surface area contributed by atoms with Crippen LogP contribution in [0.25, 0.3) is 10.9 Å². The summed E-state index contributed by atoms with van der Waals surface area (Å²) in [6.07, 6.45) is 15.9. The summed E-state index contributed by atoms with van der Waals surface area (Å²) in [6.45, 7) is 8.34. The minimum absolute atomic E-state index is 0.278. The molecule has 1 N–H and O–H groups in total. The lowest BCUT2D eigenvalue weighted by atomic mass is 10.1. The quantitative estimate of drug-likeness (QED) is 0.210. The van der Waals surface area contributed by atoms with Crippen molar-refractivity contribution in [3.05, 3.63) is 28.6 Å². The summed E-state index contributed by atoms with van der Waals surface area (Å²) in [7, 11) is 0. The van der Waals surface area contributed by atoms with E-state index in [1.54, 1.807) is 4.57 Å². The van der Waals surface area contributed by atoms with Crippen LogP contribution in [0.2, 0.25) is 0 Å². The number of hydrogen-bond acceptors (Lipinski definition) is 4. The Balaban J connectivity index is 2.20. The molecule has 0 unspecified atom stereocenters. The topological polar surface area (TPSA) is 60.7 Å². The van der Waals surface area contributed by atoms with Crippen molar-refractivity contribution in [1.29, 1.82) is 0 Å². The van der Waals surface area contributed by atoms with Gasteiger partial charge >= 0.3 is 0 Å². The third-order valence-electron chi connectivity index (χ3n) is 6.41. The summed E-state index contributed by atoms with van der Waals surface area (Å²) in [5.74, 6) is 0.797. The molecule has 2 aromatic rings. The van der Waals surface area contributed by atoms with Crippen LogP contribution in [0.15, 0.2) is 23.0 Å². The van der Waals surface area contributed by atoms with Gasteiger partial charge in [-0.2, -0.15) is 0 Å². The highest BCUT2D eigenvalue weighted by Crippen LogP contribution is 2.34. The van der Waals surface area contributed by atoms with E-state index in [0.717, 1.165) is 74.4 Å². The van der Waals surface area contributed by atoms with Crippen molar-refractivity contribution < 1.29 is 14.6 Å². The fourth-order valence-corrected chi connectivity index (χ4v) is 4.32. The van der Waals surface area contributed by atoms with Gasteiger partial charge in [-0.25, -0.2) is 0 Å². The van der Waals surface area contributed by atoms with Crippen LogP contribution in [0.5, 0.6) is 17.2 Å². The van der Waals surface area contributed by atoms with Crippen LogP contribution in [0.1, 0.15) is 111 Å². The summed E-state index contributed by atoms with van der Waals surface area (Å²) >= 11 is 0. The van der Waals surface area contributed by atoms with Gasteiger partial charge in [0, 0.05) is 18.0 Å². The molecule has 0 saturated carbocycles. The third kappa shape index (κ3) is 8.88. The van der Waals surface area contributed by atoms with Gasteiger partial charge in [0.1, 0.15) is 5.75 Å². The lowest BCUT2D eigenvalue weighted by Gasteiger charge is -2.17. The van der Waals surface area contributed by atoms with Crippen molar-refractivity contribution >= 4 is 10.9 Å². The number of rotatable bonds is 19. The number of hydrogen-bond donors (Lipinski definition) is 1. The van der Waals surface area contributed by atoms with Gasteiger partial charge in [-0.3, -0.25) is 4.79 Å². The molecule has 0 aliphatic carbocycles. The number of ether oxygens (including phenoxy) is 2. The normalized spacial score (nSPS) is 11.3. The molecule has 0 amide bonds. The monoisotopic (exact) mass is 473 g/mol. The first-order valence-electron chi connectivity index (χ1n) is 13.8. The fourth-order valence-electron chi connectivity index (χ4n) is 4.32. The fraction of sp³-hybridized carbons (Fsp3) is 0.690. The van der Waals surface area contributed by atoms with Gasteiger partial charge in [0.25, 0.3) is 5.56 Å². The standard InChI is InChI=1S/C29H47NO4/c1-4-7-10-13-14-17-21-33-24-18-19-25-26(23-24)30(20-15-11-8-5-2)29(32)27(31)28(25)34-22-16-12-9-6-3/h18-19,23,31H,4-17,20-22H2,1-3H3. The molecule has 1 aromatic heterocycles. The van der Waals surface area contributed by atoms with Gasteiger partial charge in [-0.05, 0) is 31.4 Å². The first-order chi connectivity index (χ1) is 16.6. The molecule has 192 valence electrons. The van der Waals surface area contributed by atoms with Crippen LogP contribution < -0.4 is 15.0 Å². The Morgan fingerprint density at radius 3 is 1.97 bits per heavy atom. The maximum Gasteiger partial charge on any atom is 0.297 e. The zero-order valence-corrected chi connectivity index (χ0v) is 21.9. The predicted molar refractivity (Wildman–Crippen MR) is 143 cm³/mol. The summed E-state index contributed by atoms with van der Waals surface area (Å²) in [5.41, 5.74) is 0.406. The second kappa shape index (κ2) is 16.5. The molecule has 5 heteroatoms. The van der Waals surface area contributed by atoms with E-state index < -0.39 is 0 Å². The van der Waals surface area contributed by atoms with E-state index in [1.165, 1.54) is 32.1 Å². The molecule has 5 nitrogen and oxygen atoms in total. The molecule has 0 aliphatic rings. The maximum absolute atomic E-state index is 13.1. The minimum atomic E-state index is -0.374. The van der Waals surface area contributed by atoms with Crippen molar-refractivity contribution in [2.45, 2.75) is 117 Å². The second-order valence-electron chi connectivity index (χ2n) is 9.40. The number of nitrogens with zero attached hydrogens (tertiary/aromatic N) is 1. The molecule has 0 radical (unpaired) electrons. The van der Waals surface area contributed by atoms with Gasteiger partial charge in [-0.1, -0.05) is 91.4 Å². The van der Waals surface area contributed by atoms with Crippen LogP contribution in [-0.4, -0.2) is 22.9 Å². The Labute approximate surface area is 206 Å². The molecule has 0 aliphatic heterocycles. The molecule has 1 aromatic carbocycles. The number of aryl methyl sites for hydroxylation is 1. The largest absolute Gasteiger partial charge is 0.500 e. The number of fused-ring (bicyclic) bond motifs is 1. The summed E-state index contributed by atoms with van der Waals surface area (Å²) in [5, 5.41) is 11.5. The van der Waals surface area contributed by atoms with E-state index in [9.17, 15) is 9.90 Å². The first-order valence-corrected chi connectivity index (χ1v) is 13.8. The highest BCUT2D eigenvalue weighted by atomic mass is 16.5. The zero-order chi connectivity index (χ0) is 24.6. The highest BCUT2D eigenvalue weighted by molar-refractivity contribution is 5.88. The van der Waals surface area contributed by atoms with Crippen LogP contribution in [0.4, 0.5) is 0 Å². The van der Waals surface area contributed by atoms with Crippen LogP contribution >= 0.6 is 0 Å². The molecule has 0 spiro atoms. The Morgan fingerprint density at radius 1 is 0.735 bits per heavy atom. The van der Waals surface area contributed by atoms with Gasteiger partial charge in [-0.15, -0.1) is 0 Å². The van der Waals surface area contributed by atoms with E-state index in [4.69, 9.17) is 9.47 Å². The Morgan fingerprint density at radius 2 is 1.29 bits per heavy atom. The first kappa shape index (κ1) is 28.1. The number of aromatic nitrogens is 1. The number of pyridine rings is 1. The molecule has 2 rings (SSSR count). The maximum atomic E-state index is 13.1. The lowest BCUT2D eigenvalue weighted by Crippen LogP contribution is -2.21. The van der Waals surface area contributed by atoms with E-state index >= 15 is 0 Å². The Bertz CT molecular complexity index is 890. The molecule has 0 atom stereocenters. The molecule has 0 bridgehead atoms. The summed E-state index contributed by atoms with van der Waals surface area (Å²) in [6, 6.07) is 5.79. The van der Waals surface area contributed by atoms with Crippen LogP contribution in [0, 0.1) is 0 Å². The Kier molecular flexibility index (Phi) is 13.6. The van der Waals surface area contributed by atoms with Gasteiger partial charge in [0.2, 0.25) is 5.75 Å². The third-order valence-corrected chi connectivity index (χ3v) is 6.41. The van der Waals surface area contributed by atoms with E-state index in [-0.39, 0.29) is 11.3 Å². The highest BCUT2D eigenvalue weighted by Gasteiger charge is 2.18. The SMILES string of the molecule is CCCCCCCCOc1ccc2c(OCCCCCC)c(O)c(=O)n(CCCCCC)c2c1. The summed E-state index contributed by atoms with van der Waals surface area (Å²) < 4.78 is 13.7. The molecule has 0 saturated heterocycles. The van der Waals surface area contributed by atoms with Gasteiger partial charge in [0.05, 0.1) is 18.7 Å². The van der Waals surface area contributed by atoms with Crippen LogP contribution in [0.3, 0.4) is 0 Å². The van der Waals surface area contributed by atoms with E-state index in [1.807, 2.05) is 18.2 Å². The zero-order valence-electron chi connectivity index (χ0n) is 21.9. The molecular weight excluding hydrogens is 426 g/mol. The average Bonchev–Trinajstić information content (AvgIpc) is 2.85. The molecule has 1 heterocycles. The van der Waals surface area contributed by atoms with E-state index in [0.29, 0.717) is 25.5 Å². The van der Waals surface area contributed by atoms with Crippen molar-refractivity contribution in [2.75, 3.05) is 13.2 Å². The van der Waals surface area contributed by atoms with Crippen LogP contribution in [-0.2, 0) is 6.54 Å². The lowest BCUT2D eigenvalue weighted by molar-refractivity contribution is 0.290. The predicted octanol–water partition coefficient (Wildman–Crippen LogP) is 7.99. The van der Waals surface area contributed by atoms with Crippen molar-refractivity contribution in [1.82, 2.24) is 4.57 Å². The molecule has 34 heavy (non-hydrogen) atoms. The van der Waals surface area contributed by atoms with Crippen molar-refractivity contribution in [2.24, 2.45) is 0 Å².